The normalized spacial score (nSPS) is 13.6. The van der Waals surface area contributed by atoms with Gasteiger partial charge in [-0.15, -0.1) is 0 Å². The van der Waals surface area contributed by atoms with Crippen molar-refractivity contribution in [2.24, 2.45) is 0 Å². The molecule has 1 amide bonds. The number of nitriles is 1. The summed E-state index contributed by atoms with van der Waals surface area (Å²) in [5, 5.41) is 9.53. The summed E-state index contributed by atoms with van der Waals surface area (Å²) < 4.78 is 11.4. The third-order valence-corrected chi connectivity index (χ3v) is 6.89. The number of halogens is 1. The molecule has 1 saturated heterocycles. The molecule has 2 aromatic heterocycles. The van der Waals surface area contributed by atoms with Crippen molar-refractivity contribution >= 4 is 17.5 Å². The van der Waals surface area contributed by atoms with Gasteiger partial charge in [0.1, 0.15) is 23.8 Å². The summed E-state index contributed by atoms with van der Waals surface area (Å²) in [6.07, 6.45) is 2.90. The van der Waals surface area contributed by atoms with Crippen LogP contribution in [0.15, 0.2) is 88.4 Å². The fourth-order valence-corrected chi connectivity index (χ4v) is 4.65. The maximum atomic E-state index is 12.7. The van der Waals surface area contributed by atoms with Crippen LogP contribution >= 0.6 is 11.6 Å². The van der Waals surface area contributed by atoms with Crippen LogP contribution in [0.25, 0.3) is 11.1 Å². The summed E-state index contributed by atoms with van der Waals surface area (Å²) in [6, 6.07) is 22.1. The lowest BCUT2D eigenvalue weighted by Gasteiger charge is -2.34. The summed E-state index contributed by atoms with van der Waals surface area (Å²) >= 11 is 6.07. The minimum absolute atomic E-state index is 0.137. The highest BCUT2D eigenvalue weighted by atomic mass is 35.5. The van der Waals surface area contributed by atoms with Crippen LogP contribution < -0.4 is 10.2 Å². The smallest absolute Gasteiger partial charge is 0.257 e. The second-order valence-corrected chi connectivity index (χ2v) is 9.49. The van der Waals surface area contributed by atoms with E-state index in [4.69, 9.17) is 20.8 Å². The third kappa shape index (κ3) is 6.17. The Bertz CT molecular complexity index is 1570. The molecule has 1 fully saturated rings. The lowest BCUT2D eigenvalue weighted by molar-refractivity contribution is 0.0619. The third-order valence-electron chi connectivity index (χ3n) is 6.59. The standard InChI is InChI=1S/C30H25ClN4O4/c31-29-26(6-3-11-33-29)30(37)35-14-12-34(13-15-35)18-24-16-27(36)28(20-38-24)39-19-21-7-9-22(10-8-21)25-5-2-1-4-23(25)17-32/h1-11,16,20H,12-15,18-19H2. The van der Waals surface area contributed by atoms with Gasteiger partial charge in [-0.05, 0) is 34.9 Å². The number of ether oxygens (including phenoxy) is 1. The number of hydrogen-bond acceptors (Lipinski definition) is 7. The number of aromatic nitrogens is 1. The molecule has 0 bridgehead atoms. The lowest BCUT2D eigenvalue weighted by atomic mass is 9.99. The Morgan fingerprint density at radius 3 is 2.54 bits per heavy atom. The number of amides is 1. The van der Waals surface area contributed by atoms with Gasteiger partial charge in [-0.3, -0.25) is 14.5 Å². The Morgan fingerprint density at radius 2 is 1.82 bits per heavy atom. The molecule has 1 aliphatic rings. The van der Waals surface area contributed by atoms with E-state index < -0.39 is 0 Å². The van der Waals surface area contributed by atoms with E-state index in [1.54, 1.807) is 29.3 Å². The fraction of sp³-hybridized carbons (Fsp3) is 0.200. The predicted molar refractivity (Wildman–Crippen MR) is 146 cm³/mol. The Labute approximate surface area is 230 Å². The molecule has 39 heavy (non-hydrogen) atoms. The van der Waals surface area contributed by atoms with Crippen molar-refractivity contribution in [1.82, 2.24) is 14.8 Å². The van der Waals surface area contributed by atoms with E-state index in [0.29, 0.717) is 49.6 Å². The number of carbonyl (C=O) groups excluding carboxylic acids is 1. The van der Waals surface area contributed by atoms with Gasteiger partial charge in [-0.25, -0.2) is 4.98 Å². The van der Waals surface area contributed by atoms with E-state index in [9.17, 15) is 14.9 Å². The van der Waals surface area contributed by atoms with Crippen molar-refractivity contribution in [2.45, 2.75) is 13.2 Å². The first kappa shape index (κ1) is 26.2. The topological polar surface area (TPSA) is 99.7 Å². The summed E-state index contributed by atoms with van der Waals surface area (Å²) in [5.41, 5.74) is 3.45. The van der Waals surface area contributed by atoms with Crippen LogP contribution in [0.2, 0.25) is 5.15 Å². The zero-order valence-electron chi connectivity index (χ0n) is 21.0. The highest BCUT2D eigenvalue weighted by Gasteiger charge is 2.24. The van der Waals surface area contributed by atoms with Crippen molar-refractivity contribution in [3.8, 4) is 22.9 Å². The van der Waals surface area contributed by atoms with Crippen LogP contribution in [0.4, 0.5) is 0 Å². The first-order valence-corrected chi connectivity index (χ1v) is 12.8. The van der Waals surface area contributed by atoms with E-state index in [1.165, 1.54) is 12.3 Å². The van der Waals surface area contributed by atoms with E-state index >= 15 is 0 Å². The zero-order valence-corrected chi connectivity index (χ0v) is 21.8. The monoisotopic (exact) mass is 540 g/mol. The van der Waals surface area contributed by atoms with Gasteiger partial charge in [0.05, 0.1) is 23.7 Å². The van der Waals surface area contributed by atoms with Gasteiger partial charge < -0.3 is 14.1 Å². The van der Waals surface area contributed by atoms with Gasteiger partial charge >= 0.3 is 0 Å². The van der Waals surface area contributed by atoms with E-state index in [0.717, 1.165) is 16.7 Å². The largest absolute Gasteiger partial charge is 0.482 e. The lowest BCUT2D eigenvalue weighted by Crippen LogP contribution is -2.48. The summed E-state index contributed by atoms with van der Waals surface area (Å²) in [6.45, 7) is 3.02. The Balaban J connectivity index is 1.14. The van der Waals surface area contributed by atoms with Crippen LogP contribution in [-0.4, -0.2) is 46.9 Å². The quantitative estimate of drug-likeness (QED) is 0.311. The molecule has 196 valence electrons. The Morgan fingerprint density at radius 1 is 1.05 bits per heavy atom. The number of rotatable bonds is 7. The van der Waals surface area contributed by atoms with E-state index in [2.05, 4.69) is 16.0 Å². The minimum Gasteiger partial charge on any atom is -0.482 e. The molecule has 8 nitrogen and oxygen atoms in total. The highest BCUT2D eigenvalue weighted by Crippen LogP contribution is 2.24. The van der Waals surface area contributed by atoms with Crippen molar-refractivity contribution in [2.75, 3.05) is 26.2 Å². The van der Waals surface area contributed by atoms with Crippen LogP contribution in [0, 0.1) is 11.3 Å². The average molecular weight is 541 g/mol. The number of nitrogens with zero attached hydrogens (tertiary/aromatic N) is 4. The van der Waals surface area contributed by atoms with E-state index in [-0.39, 0.29) is 28.8 Å². The summed E-state index contributed by atoms with van der Waals surface area (Å²) in [7, 11) is 0. The van der Waals surface area contributed by atoms with E-state index in [1.807, 2.05) is 42.5 Å². The Kier molecular flexibility index (Phi) is 8.02. The SMILES string of the molecule is N#Cc1ccccc1-c1ccc(COc2coc(CN3CCN(C(=O)c4cccnc4Cl)CC3)cc2=O)cc1. The van der Waals surface area contributed by atoms with Gasteiger partial charge in [0.25, 0.3) is 5.91 Å². The summed E-state index contributed by atoms with van der Waals surface area (Å²) in [4.78, 5) is 33.2. The first-order chi connectivity index (χ1) is 19.0. The molecule has 0 unspecified atom stereocenters. The first-order valence-electron chi connectivity index (χ1n) is 12.5. The number of pyridine rings is 1. The highest BCUT2D eigenvalue weighted by molar-refractivity contribution is 6.32. The molecule has 0 aliphatic carbocycles. The van der Waals surface area contributed by atoms with Crippen LogP contribution in [-0.2, 0) is 13.2 Å². The maximum absolute atomic E-state index is 12.7. The maximum Gasteiger partial charge on any atom is 0.257 e. The molecular formula is C30H25ClN4O4. The molecular weight excluding hydrogens is 516 g/mol. The molecule has 1 aliphatic heterocycles. The summed E-state index contributed by atoms with van der Waals surface area (Å²) in [5.74, 6) is 0.534. The molecule has 4 aromatic rings. The van der Waals surface area contributed by atoms with Gasteiger partial charge in [-0.1, -0.05) is 54.1 Å². The number of hydrogen-bond donors (Lipinski definition) is 0. The number of piperazine rings is 1. The Hall–Kier alpha value is -4.45. The van der Waals surface area contributed by atoms with Crippen LogP contribution in [0.1, 0.15) is 27.2 Å². The van der Waals surface area contributed by atoms with Crippen molar-refractivity contribution in [3.63, 3.8) is 0 Å². The molecule has 5 rings (SSSR count). The van der Waals surface area contributed by atoms with Crippen LogP contribution in [0.5, 0.6) is 5.75 Å². The molecule has 0 radical (unpaired) electrons. The molecule has 3 heterocycles. The zero-order chi connectivity index (χ0) is 27.2. The second kappa shape index (κ2) is 11.9. The van der Waals surface area contributed by atoms with Gasteiger partial charge in [0.15, 0.2) is 0 Å². The van der Waals surface area contributed by atoms with Crippen molar-refractivity contribution < 1.29 is 13.9 Å². The average Bonchev–Trinajstić information content (AvgIpc) is 2.97. The molecule has 2 aromatic carbocycles. The molecule has 9 heteroatoms. The fourth-order valence-electron chi connectivity index (χ4n) is 4.45. The molecule has 0 atom stereocenters. The molecule has 0 spiro atoms. The van der Waals surface area contributed by atoms with Gasteiger partial charge in [0, 0.05) is 38.4 Å². The molecule has 0 saturated carbocycles. The minimum atomic E-state index is -0.254. The second-order valence-electron chi connectivity index (χ2n) is 9.13. The van der Waals surface area contributed by atoms with Crippen molar-refractivity contribution in [3.05, 3.63) is 117 Å². The molecule has 0 N–H and O–H groups in total. The van der Waals surface area contributed by atoms with Gasteiger partial charge in [0.2, 0.25) is 11.2 Å². The number of carbonyl (C=O) groups is 1. The predicted octanol–water partition coefficient (Wildman–Crippen LogP) is 4.76. The van der Waals surface area contributed by atoms with Crippen molar-refractivity contribution in [1.29, 1.82) is 5.26 Å². The van der Waals surface area contributed by atoms with Gasteiger partial charge in [-0.2, -0.15) is 5.26 Å². The van der Waals surface area contributed by atoms with Crippen LogP contribution in [0.3, 0.4) is 0 Å². The number of benzene rings is 2.